The molecule has 3 heteroatoms. The van der Waals surface area contributed by atoms with E-state index in [4.69, 9.17) is 4.74 Å². The van der Waals surface area contributed by atoms with Crippen molar-refractivity contribution >= 4 is 5.78 Å². The van der Waals surface area contributed by atoms with Gasteiger partial charge in [0.2, 0.25) is 0 Å². The second-order valence-corrected chi connectivity index (χ2v) is 7.87. The summed E-state index contributed by atoms with van der Waals surface area (Å²) in [5, 5.41) is 0. The summed E-state index contributed by atoms with van der Waals surface area (Å²) in [7, 11) is 0. The summed E-state index contributed by atoms with van der Waals surface area (Å²) in [5.74, 6) is 7.99. The van der Waals surface area contributed by atoms with Crippen LogP contribution in [0.2, 0.25) is 0 Å². The highest BCUT2D eigenvalue weighted by molar-refractivity contribution is 5.78. The van der Waals surface area contributed by atoms with Gasteiger partial charge in [-0.1, -0.05) is 47.0 Å². The monoisotopic (exact) mass is 363 g/mol. The van der Waals surface area contributed by atoms with Crippen molar-refractivity contribution < 1.29 is 9.53 Å². The Morgan fingerprint density at radius 3 is 2.23 bits per heavy atom. The zero-order valence-corrected chi connectivity index (χ0v) is 18.0. The van der Waals surface area contributed by atoms with E-state index < -0.39 is 0 Å². The number of ether oxygens (including phenoxy) is 1. The minimum absolute atomic E-state index is 0.166. The van der Waals surface area contributed by atoms with Crippen LogP contribution in [-0.2, 0) is 9.53 Å². The van der Waals surface area contributed by atoms with E-state index in [9.17, 15) is 4.79 Å². The molecular formula is C23H41NO2. The lowest BCUT2D eigenvalue weighted by atomic mass is 9.69. The van der Waals surface area contributed by atoms with Gasteiger partial charge in [0.1, 0.15) is 5.78 Å². The van der Waals surface area contributed by atoms with Crippen LogP contribution in [0.4, 0.5) is 0 Å². The molecule has 1 saturated heterocycles. The highest BCUT2D eigenvalue weighted by atomic mass is 16.5. The Labute approximate surface area is 162 Å². The van der Waals surface area contributed by atoms with Crippen LogP contribution in [0.3, 0.4) is 0 Å². The van der Waals surface area contributed by atoms with E-state index in [1.807, 2.05) is 0 Å². The van der Waals surface area contributed by atoms with Crippen molar-refractivity contribution in [2.24, 2.45) is 17.8 Å². The van der Waals surface area contributed by atoms with E-state index in [0.29, 0.717) is 29.7 Å². The highest BCUT2D eigenvalue weighted by Crippen LogP contribution is 2.38. The molecule has 2 aliphatic rings. The van der Waals surface area contributed by atoms with Gasteiger partial charge in [0, 0.05) is 43.6 Å². The van der Waals surface area contributed by atoms with Crippen molar-refractivity contribution in [3.05, 3.63) is 0 Å². The van der Waals surface area contributed by atoms with Crippen molar-refractivity contribution in [1.82, 2.24) is 4.90 Å². The lowest BCUT2D eigenvalue weighted by Gasteiger charge is -2.47. The van der Waals surface area contributed by atoms with Gasteiger partial charge in [0.25, 0.3) is 0 Å². The summed E-state index contributed by atoms with van der Waals surface area (Å²) in [5.41, 5.74) is 0. The molecule has 1 aliphatic heterocycles. The first-order valence-corrected chi connectivity index (χ1v) is 10.8. The van der Waals surface area contributed by atoms with Crippen molar-refractivity contribution in [2.75, 3.05) is 19.8 Å². The fourth-order valence-corrected chi connectivity index (χ4v) is 4.51. The summed E-state index contributed by atoms with van der Waals surface area (Å²) in [4.78, 5) is 14.8. The maximum atomic E-state index is 12.2. The van der Waals surface area contributed by atoms with Crippen LogP contribution in [-0.4, -0.2) is 42.5 Å². The highest BCUT2D eigenvalue weighted by Gasteiger charge is 2.41. The number of Topliss-reactive ketones (excluding diaryl/α,β-unsaturated/α-hetero) is 1. The first-order valence-electron chi connectivity index (χ1n) is 10.8. The average Bonchev–Trinajstić information content (AvgIpc) is 2.63. The van der Waals surface area contributed by atoms with Gasteiger partial charge < -0.3 is 4.74 Å². The molecule has 150 valence electrons. The number of ketones is 1. The van der Waals surface area contributed by atoms with Gasteiger partial charge in [-0.25, -0.2) is 0 Å². The third kappa shape index (κ3) is 6.71. The maximum absolute atomic E-state index is 12.2. The maximum Gasteiger partial charge on any atom is 0.133 e. The van der Waals surface area contributed by atoms with Gasteiger partial charge in [-0.15, -0.1) is 5.92 Å². The van der Waals surface area contributed by atoms with Crippen molar-refractivity contribution in [3.8, 4) is 11.8 Å². The fraction of sp³-hybridized carbons (Fsp3) is 0.870. The van der Waals surface area contributed by atoms with Gasteiger partial charge in [-0.05, 0) is 45.1 Å². The molecule has 0 spiro atoms. The van der Waals surface area contributed by atoms with E-state index in [0.717, 1.165) is 51.9 Å². The van der Waals surface area contributed by atoms with Crippen LogP contribution >= 0.6 is 0 Å². The van der Waals surface area contributed by atoms with E-state index in [1.165, 1.54) is 6.42 Å². The third-order valence-corrected chi connectivity index (χ3v) is 5.76. The summed E-state index contributed by atoms with van der Waals surface area (Å²) < 4.78 is 5.54. The first-order chi connectivity index (χ1) is 12.5. The van der Waals surface area contributed by atoms with Crippen molar-refractivity contribution in [3.63, 3.8) is 0 Å². The Hall–Kier alpha value is -0.850. The molecular weight excluding hydrogens is 322 g/mol. The molecule has 0 aromatic heterocycles. The van der Waals surface area contributed by atoms with E-state index in [-0.39, 0.29) is 5.92 Å². The minimum Gasteiger partial charge on any atom is -0.381 e. The molecule has 1 aliphatic carbocycles. The van der Waals surface area contributed by atoms with Crippen LogP contribution in [0.25, 0.3) is 0 Å². The molecule has 2 rings (SSSR count). The number of nitrogens with zero attached hydrogens (tertiary/aromatic N) is 1. The molecule has 0 aromatic rings. The molecule has 4 unspecified atom stereocenters. The first kappa shape index (κ1) is 23.2. The number of carbonyl (C=O) groups is 1. The molecule has 1 saturated carbocycles. The fourth-order valence-electron chi connectivity index (χ4n) is 4.51. The normalized spacial score (nSPS) is 29.3. The van der Waals surface area contributed by atoms with Crippen LogP contribution in [0, 0.1) is 29.6 Å². The summed E-state index contributed by atoms with van der Waals surface area (Å²) in [6, 6.07) is 1.08. The second-order valence-electron chi connectivity index (χ2n) is 7.87. The van der Waals surface area contributed by atoms with E-state index in [1.54, 1.807) is 6.92 Å². The molecule has 1 heterocycles. The lowest BCUT2D eigenvalue weighted by molar-refractivity contribution is -0.125. The van der Waals surface area contributed by atoms with E-state index >= 15 is 0 Å². The van der Waals surface area contributed by atoms with Crippen molar-refractivity contribution in [1.29, 1.82) is 0 Å². The molecule has 0 bridgehead atoms. The van der Waals surface area contributed by atoms with Crippen molar-refractivity contribution in [2.45, 2.75) is 92.2 Å². The number of rotatable bonds is 4. The topological polar surface area (TPSA) is 29.5 Å². The van der Waals surface area contributed by atoms with Crippen LogP contribution in [0.1, 0.15) is 80.1 Å². The largest absolute Gasteiger partial charge is 0.381 e. The Bertz CT molecular complexity index is 459. The third-order valence-electron chi connectivity index (χ3n) is 5.76. The number of carbonyl (C=O) groups excluding carboxylic acids is 1. The van der Waals surface area contributed by atoms with E-state index in [2.05, 4.69) is 51.4 Å². The van der Waals surface area contributed by atoms with Crippen LogP contribution < -0.4 is 0 Å². The Morgan fingerprint density at radius 2 is 1.73 bits per heavy atom. The quantitative estimate of drug-likeness (QED) is 0.663. The predicted octanol–water partition coefficient (Wildman–Crippen LogP) is 4.94. The van der Waals surface area contributed by atoms with Gasteiger partial charge in [-0.3, -0.25) is 9.69 Å². The van der Waals surface area contributed by atoms with Gasteiger partial charge in [-0.2, -0.15) is 0 Å². The smallest absolute Gasteiger partial charge is 0.133 e. The molecule has 4 atom stereocenters. The summed E-state index contributed by atoms with van der Waals surface area (Å²) in [6.45, 7) is 15.4. The molecule has 3 nitrogen and oxygen atoms in total. The SMILES string of the molecule is CCC.CCC#CC1CC(C(C)=O)C(C)C(N(CC)C2CCOCC2)C1. The van der Waals surface area contributed by atoms with Crippen LogP contribution in [0.15, 0.2) is 0 Å². The zero-order chi connectivity index (χ0) is 19.5. The molecule has 2 fully saturated rings. The Balaban J connectivity index is 0.00000105. The number of hydrogen-bond donors (Lipinski definition) is 0. The molecule has 0 N–H and O–H groups in total. The Morgan fingerprint density at radius 1 is 1.12 bits per heavy atom. The van der Waals surface area contributed by atoms with Gasteiger partial charge in [0.05, 0.1) is 0 Å². The van der Waals surface area contributed by atoms with Crippen LogP contribution in [0.5, 0.6) is 0 Å². The Kier molecular flexibility index (Phi) is 11.2. The van der Waals surface area contributed by atoms with Gasteiger partial charge >= 0.3 is 0 Å². The summed E-state index contributed by atoms with van der Waals surface area (Å²) in [6.07, 6.45) is 6.45. The minimum atomic E-state index is 0.166. The second kappa shape index (κ2) is 12.5. The van der Waals surface area contributed by atoms with Gasteiger partial charge in [0.15, 0.2) is 0 Å². The zero-order valence-electron chi connectivity index (χ0n) is 18.0. The average molecular weight is 364 g/mol. The lowest BCUT2D eigenvalue weighted by Crippen LogP contribution is -2.53. The summed E-state index contributed by atoms with van der Waals surface area (Å²) >= 11 is 0. The number of hydrogen-bond acceptors (Lipinski definition) is 3. The predicted molar refractivity (Wildman–Crippen MR) is 110 cm³/mol. The molecule has 0 aromatic carbocycles. The molecule has 26 heavy (non-hydrogen) atoms. The molecule has 0 amide bonds. The standard InChI is InChI=1S/C20H33NO2.C3H8/c1-5-7-8-17-13-19(16(4)22)15(3)20(14-17)21(6-2)18-9-11-23-12-10-18;1-3-2/h15,17-20H,5-6,9-14H2,1-4H3;3H2,1-2H3. The molecule has 0 radical (unpaired) electrons.